The molecule has 2 N–H and O–H groups in total. The van der Waals surface area contributed by atoms with Crippen LogP contribution >= 0.6 is 0 Å². The van der Waals surface area contributed by atoms with Crippen molar-refractivity contribution >= 4 is 22.6 Å². The molecule has 7 nitrogen and oxygen atoms in total. The van der Waals surface area contributed by atoms with Gasteiger partial charge in [-0.15, -0.1) is 0 Å². The van der Waals surface area contributed by atoms with Crippen molar-refractivity contribution in [3.8, 4) is 16.9 Å². The first-order chi connectivity index (χ1) is 14.1. The Hall–Kier alpha value is -3.06. The standard InChI is InChI=1S/C22H26N4O3/c1-4-23-20-17(13-25-21-19(20)14(2)12-24-21)16-6-5-15(11-18(16)28-3)22(27)26-7-9-29-10-8-26/h5-6,11-13H,4,7-10H2,1-3H3,(H2,23,24,25). The van der Waals surface area contributed by atoms with Crippen molar-refractivity contribution in [2.45, 2.75) is 13.8 Å². The van der Waals surface area contributed by atoms with Gasteiger partial charge in [-0.2, -0.15) is 0 Å². The van der Waals surface area contributed by atoms with Crippen LogP contribution in [0.2, 0.25) is 0 Å². The molecule has 0 saturated carbocycles. The van der Waals surface area contributed by atoms with Gasteiger partial charge < -0.3 is 24.7 Å². The Morgan fingerprint density at radius 1 is 1.31 bits per heavy atom. The molecule has 0 spiro atoms. The maximum atomic E-state index is 12.9. The highest BCUT2D eigenvalue weighted by atomic mass is 16.5. The van der Waals surface area contributed by atoms with E-state index in [4.69, 9.17) is 9.47 Å². The molecule has 0 unspecified atom stereocenters. The van der Waals surface area contributed by atoms with Gasteiger partial charge in [0.25, 0.3) is 5.91 Å². The molecule has 1 saturated heterocycles. The third-order valence-corrected chi connectivity index (χ3v) is 5.29. The summed E-state index contributed by atoms with van der Waals surface area (Å²) in [6, 6.07) is 5.62. The summed E-state index contributed by atoms with van der Waals surface area (Å²) in [5.41, 5.74) is 5.45. The number of methoxy groups -OCH3 is 1. The second-order valence-corrected chi connectivity index (χ2v) is 7.09. The fourth-order valence-electron chi connectivity index (χ4n) is 3.81. The fraction of sp³-hybridized carbons (Fsp3) is 0.364. The number of anilines is 1. The normalized spacial score (nSPS) is 14.2. The third kappa shape index (κ3) is 3.53. The molecule has 1 fully saturated rings. The summed E-state index contributed by atoms with van der Waals surface area (Å²) in [5.74, 6) is 0.651. The molecule has 0 atom stereocenters. The molecule has 0 bridgehead atoms. The van der Waals surface area contributed by atoms with Gasteiger partial charge in [0.1, 0.15) is 11.4 Å². The monoisotopic (exact) mass is 394 g/mol. The predicted molar refractivity (Wildman–Crippen MR) is 114 cm³/mol. The smallest absolute Gasteiger partial charge is 0.254 e. The van der Waals surface area contributed by atoms with Crippen LogP contribution in [0.4, 0.5) is 5.69 Å². The largest absolute Gasteiger partial charge is 0.496 e. The van der Waals surface area contributed by atoms with Crippen LogP contribution in [0.5, 0.6) is 5.75 Å². The molecule has 3 aromatic rings. The van der Waals surface area contributed by atoms with Crippen LogP contribution in [-0.2, 0) is 4.74 Å². The van der Waals surface area contributed by atoms with E-state index in [1.807, 2.05) is 35.5 Å². The highest BCUT2D eigenvalue weighted by molar-refractivity contribution is 6.02. The molecule has 0 aliphatic carbocycles. The van der Waals surface area contributed by atoms with Crippen molar-refractivity contribution in [1.82, 2.24) is 14.9 Å². The number of ether oxygens (including phenoxy) is 2. The van der Waals surface area contributed by atoms with Crippen molar-refractivity contribution in [2.75, 3.05) is 45.3 Å². The maximum absolute atomic E-state index is 12.9. The van der Waals surface area contributed by atoms with E-state index in [2.05, 4.69) is 29.1 Å². The number of nitrogens with one attached hydrogen (secondary N) is 2. The quantitative estimate of drug-likeness (QED) is 0.693. The minimum atomic E-state index is 0.000104. The third-order valence-electron chi connectivity index (χ3n) is 5.29. The van der Waals surface area contributed by atoms with E-state index in [9.17, 15) is 4.79 Å². The second kappa shape index (κ2) is 8.13. The summed E-state index contributed by atoms with van der Waals surface area (Å²) in [6.07, 6.45) is 3.81. The van der Waals surface area contributed by atoms with Crippen LogP contribution in [0.3, 0.4) is 0 Å². The minimum absolute atomic E-state index is 0.000104. The molecule has 1 aliphatic rings. The fourth-order valence-corrected chi connectivity index (χ4v) is 3.81. The summed E-state index contributed by atoms with van der Waals surface area (Å²) < 4.78 is 11.0. The van der Waals surface area contributed by atoms with Gasteiger partial charge in [-0.05, 0) is 37.6 Å². The Morgan fingerprint density at radius 2 is 2.10 bits per heavy atom. The number of aromatic nitrogens is 2. The summed E-state index contributed by atoms with van der Waals surface area (Å²) in [6.45, 7) is 7.30. The number of hydrogen-bond donors (Lipinski definition) is 2. The van der Waals surface area contributed by atoms with E-state index in [0.717, 1.165) is 40.0 Å². The summed E-state index contributed by atoms with van der Waals surface area (Å²) in [4.78, 5) is 22.5. The minimum Gasteiger partial charge on any atom is -0.496 e. The number of hydrogen-bond acceptors (Lipinski definition) is 5. The Labute approximate surface area is 170 Å². The van der Waals surface area contributed by atoms with Crippen LogP contribution < -0.4 is 10.1 Å². The van der Waals surface area contributed by atoms with Gasteiger partial charge in [0.2, 0.25) is 0 Å². The highest BCUT2D eigenvalue weighted by Gasteiger charge is 2.21. The lowest BCUT2D eigenvalue weighted by molar-refractivity contribution is 0.0302. The first-order valence-corrected chi connectivity index (χ1v) is 9.90. The predicted octanol–water partition coefficient (Wildman–Crippen LogP) is 3.45. The number of carbonyl (C=O) groups excluding carboxylic acids is 1. The number of pyridine rings is 1. The van der Waals surface area contributed by atoms with Gasteiger partial charge >= 0.3 is 0 Å². The second-order valence-electron chi connectivity index (χ2n) is 7.09. The summed E-state index contributed by atoms with van der Waals surface area (Å²) in [7, 11) is 1.63. The van der Waals surface area contributed by atoms with E-state index >= 15 is 0 Å². The van der Waals surface area contributed by atoms with E-state index in [1.165, 1.54) is 0 Å². The lowest BCUT2D eigenvalue weighted by Gasteiger charge is -2.27. The molecule has 29 heavy (non-hydrogen) atoms. The summed E-state index contributed by atoms with van der Waals surface area (Å²) in [5, 5.41) is 4.55. The van der Waals surface area contributed by atoms with Crippen LogP contribution in [-0.4, -0.2) is 60.7 Å². The number of aromatic amines is 1. The van der Waals surface area contributed by atoms with Gasteiger partial charge in [-0.25, -0.2) is 4.98 Å². The Bertz CT molecular complexity index is 1040. The Balaban J connectivity index is 1.78. The lowest BCUT2D eigenvalue weighted by atomic mass is 9.99. The molecule has 1 aliphatic heterocycles. The molecule has 1 aromatic carbocycles. The molecular weight excluding hydrogens is 368 g/mol. The molecule has 2 aromatic heterocycles. The zero-order valence-corrected chi connectivity index (χ0v) is 17.0. The average Bonchev–Trinajstić information content (AvgIpc) is 3.15. The summed E-state index contributed by atoms with van der Waals surface area (Å²) >= 11 is 0. The Kier molecular flexibility index (Phi) is 5.40. The molecule has 1 amide bonds. The molecule has 0 radical (unpaired) electrons. The first kappa shape index (κ1) is 19.3. The number of nitrogens with zero attached hydrogens (tertiary/aromatic N) is 2. The maximum Gasteiger partial charge on any atom is 0.254 e. The van der Waals surface area contributed by atoms with Crippen molar-refractivity contribution in [3.63, 3.8) is 0 Å². The van der Waals surface area contributed by atoms with E-state index in [0.29, 0.717) is 37.6 Å². The van der Waals surface area contributed by atoms with Crippen molar-refractivity contribution < 1.29 is 14.3 Å². The molecule has 152 valence electrons. The van der Waals surface area contributed by atoms with Gasteiger partial charge in [-0.3, -0.25) is 4.79 Å². The van der Waals surface area contributed by atoms with Crippen molar-refractivity contribution in [1.29, 1.82) is 0 Å². The topological polar surface area (TPSA) is 79.5 Å². The zero-order valence-electron chi connectivity index (χ0n) is 17.0. The van der Waals surface area contributed by atoms with E-state index in [1.54, 1.807) is 7.11 Å². The molecule has 4 rings (SSSR count). The van der Waals surface area contributed by atoms with Gasteiger partial charge in [-0.1, -0.05) is 0 Å². The van der Waals surface area contributed by atoms with Crippen LogP contribution in [0.15, 0.2) is 30.6 Å². The number of fused-ring (bicyclic) bond motifs is 1. The zero-order chi connectivity index (χ0) is 20.4. The Morgan fingerprint density at radius 3 is 2.83 bits per heavy atom. The average molecular weight is 394 g/mol. The lowest BCUT2D eigenvalue weighted by Crippen LogP contribution is -2.40. The molecular formula is C22H26N4O3. The van der Waals surface area contributed by atoms with Gasteiger partial charge in [0.05, 0.1) is 26.0 Å². The van der Waals surface area contributed by atoms with E-state index < -0.39 is 0 Å². The SMILES string of the molecule is CCNc1c(-c2ccc(C(=O)N3CCOCC3)cc2OC)cnc2[nH]cc(C)c12. The van der Waals surface area contributed by atoms with Crippen LogP contribution in [0.25, 0.3) is 22.2 Å². The van der Waals surface area contributed by atoms with Crippen molar-refractivity contribution in [3.05, 3.63) is 41.7 Å². The number of H-pyrrole nitrogens is 1. The molecule has 3 heterocycles. The van der Waals surface area contributed by atoms with Gasteiger partial charge in [0.15, 0.2) is 0 Å². The number of carbonyl (C=O) groups is 1. The number of morpholine rings is 1. The van der Waals surface area contributed by atoms with Crippen LogP contribution in [0, 0.1) is 6.92 Å². The van der Waals surface area contributed by atoms with Crippen LogP contribution in [0.1, 0.15) is 22.8 Å². The highest BCUT2D eigenvalue weighted by Crippen LogP contribution is 2.39. The number of aryl methyl sites for hydroxylation is 1. The van der Waals surface area contributed by atoms with E-state index in [-0.39, 0.29) is 5.91 Å². The molecule has 7 heteroatoms. The number of amides is 1. The number of rotatable bonds is 5. The van der Waals surface area contributed by atoms with Gasteiger partial charge in [0, 0.05) is 54.1 Å². The number of benzene rings is 1. The first-order valence-electron chi connectivity index (χ1n) is 9.90. The van der Waals surface area contributed by atoms with Crippen molar-refractivity contribution in [2.24, 2.45) is 0 Å².